The maximum Gasteiger partial charge on any atom is 0.178 e. The molecule has 0 bridgehead atoms. The number of benzene rings is 1. The van der Waals surface area contributed by atoms with Crippen LogP contribution in [0.3, 0.4) is 0 Å². The van der Waals surface area contributed by atoms with E-state index in [0.29, 0.717) is 4.90 Å². The fourth-order valence-corrected chi connectivity index (χ4v) is 4.87. The van der Waals surface area contributed by atoms with Crippen LogP contribution in [0.25, 0.3) is 10.9 Å². The normalized spacial score (nSPS) is 13.1. The molecule has 0 atom stereocenters. The maximum atomic E-state index is 12.4. The second kappa shape index (κ2) is 4.59. The molecule has 0 saturated carbocycles. The van der Waals surface area contributed by atoms with Crippen molar-refractivity contribution < 1.29 is 8.42 Å². The summed E-state index contributed by atoms with van der Waals surface area (Å²) in [6.45, 7) is 5.76. The molecule has 19 heavy (non-hydrogen) atoms. The van der Waals surface area contributed by atoms with Crippen molar-refractivity contribution in [2.24, 2.45) is 12.5 Å². The van der Waals surface area contributed by atoms with Gasteiger partial charge in [-0.1, -0.05) is 20.8 Å². The lowest BCUT2D eigenvalue weighted by Crippen LogP contribution is -2.20. The summed E-state index contributed by atoms with van der Waals surface area (Å²) in [5.41, 5.74) is 0.629. The highest BCUT2D eigenvalue weighted by molar-refractivity contribution is 9.10. The van der Waals surface area contributed by atoms with Crippen molar-refractivity contribution in [3.8, 4) is 0 Å². The molecule has 1 aromatic carbocycles. The molecule has 0 aliphatic heterocycles. The van der Waals surface area contributed by atoms with Crippen molar-refractivity contribution in [3.05, 3.63) is 22.8 Å². The Hall–Kier alpha value is -0.880. The van der Waals surface area contributed by atoms with Gasteiger partial charge in [0, 0.05) is 16.9 Å². The van der Waals surface area contributed by atoms with Crippen LogP contribution >= 0.6 is 15.9 Å². The van der Waals surface area contributed by atoms with E-state index in [1.165, 1.54) is 0 Å². The third-order valence-electron chi connectivity index (χ3n) is 2.74. The van der Waals surface area contributed by atoms with Crippen molar-refractivity contribution in [3.63, 3.8) is 0 Å². The fraction of sp³-hybridized carbons (Fsp3) is 0.462. The summed E-state index contributed by atoms with van der Waals surface area (Å²) >= 11 is 3.42. The number of halogens is 1. The minimum Gasteiger partial charge on any atom is -0.267 e. The van der Waals surface area contributed by atoms with E-state index in [9.17, 15) is 8.42 Å². The number of hydrogen-bond acceptors (Lipinski definition) is 3. The molecule has 4 nitrogen and oxygen atoms in total. The van der Waals surface area contributed by atoms with Gasteiger partial charge in [0.2, 0.25) is 0 Å². The molecule has 104 valence electrons. The molecular weight excluding hydrogens is 328 g/mol. The first-order valence-electron chi connectivity index (χ1n) is 5.94. The Labute approximate surface area is 121 Å². The highest BCUT2D eigenvalue weighted by Crippen LogP contribution is 2.30. The van der Waals surface area contributed by atoms with E-state index >= 15 is 0 Å². The number of sulfone groups is 1. The standard InChI is InChI=1S/C13H17BrN2O2S/c1-13(2,3)8-19(17,18)10-5-9-7-15-16(4)12(9)11(14)6-10/h5-7H,8H2,1-4H3. The number of rotatable bonds is 2. The van der Waals surface area contributed by atoms with E-state index in [1.54, 1.807) is 23.0 Å². The van der Waals surface area contributed by atoms with Gasteiger partial charge in [0.1, 0.15) is 0 Å². The third kappa shape index (κ3) is 3.00. The fourth-order valence-electron chi connectivity index (χ4n) is 2.07. The van der Waals surface area contributed by atoms with Gasteiger partial charge in [-0.25, -0.2) is 8.42 Å². The Kier molecular flexibility index (Phi) is 3.51. The van der Waals surface area contributed by atoms with Crippen LogP contribution in [0.2, 0.25) is 0 Å². The summed E-state index contributed by atoms with van der Waals surface area (Å²) in [4.78, 5) is 0.342. The average molecular weight is 345 g/mol. The summed E-state index contributed by atoms with van der Waals surface area (Å²) in [6, 6.07) is 3.35. The van der Waals surface area contributed by atoms with E-state index in [4.69, 9.17) is 0 Å². The lowest BCUT2D eigenvalue weighted by Gasteiger charge is -2.18. The van der Waals surface area contributed by atoms with Crippen molar-refractivity contribution in [2.75, 3.05) is 5.75 Å². The first kappa shape index (κ1) is 14.5. The van der Waals surface area contributed by atoms with E-state index in [1.807, 2.05) is 27.8 Å². The Morgan fingerprint density at radius 1 is 1.32 bits per heavy atom. The molecule has 6 heteroatoms. The van der Waals surface area contributed by atoms with Crippen molar-refractivity contribution in [1.82, 2.24) is 9.78 Å². The smallest absolute Gasteiger partial charge is 0.178 e. The van der Waals surface area contributed by atoms with Crippen LogP contribution in [0, 0.1) is 5.41 Å². The predicted molar refractivity (Wildman–Crippen MR) is 79.9 cm³/mol. The summed E-state index contributed by atoms with van der Waals surface area (Å²) in [7, 11) is -1.46. The molecule has 0 N–H and O–H groups in total. The van der Waals surface area contributed by atoms with Crippen LogP contribution in [0.5, 0.6) is 0 Å². The summed E-state index contributed by atoms with van der Waals surface area (Å²) in [6.07, 6.45) is 1.68. The lowest BCUT2D eigenvalue weighted by atomic mass is 10.0. The molecule has 0 amide bonds. The molecule has 1 heterocycles. The molecule has 0 unspecified atom stereocenters. The quantitative estimate of drug-likeness (QED) is 0.840. The molecule has 0 saturated heterocycles. The predicted octanol–water partition coefficient (Wildman–Crippen LogP) is 3.16. The van der Waals surface area contributed by atoms with Gasteiger partial charge in [-0.2, -0.15) is 5.10 Å². The largest absolute Gasteiger partial charge is 0.267 e. The molecule has 1 aromatic heterocycles. The molecule has 0 aliphatic carbocycles. The second-order valence-electron chi connectivity index (χ2n) is 5.93. The number of nitrogens with zero attached hydrogens (tertiary/aromatic N) is 2. The van der Waals surface area contributed by atoms with Crippen molar-refractivity contribution >= 4 is 36.7 Å². The molecule has 0 aliphatic rings. The van der Waals surface area contributed by atoms with Crippen LogP contribution in [-0.2, 0) is 16.9 Å². The minimum absolute atomic E-state index is 0.123. The zero-order chi connectivity index (χ0) is 14.4. The summed E-state index contributed by atoms with van der Waals surface area (Å²) < 4.78 is 27.3. The van der Waals surface area contributed by atoms with Gasteiger partial charge >= 0.3 is 0 Å². The second-order valence-corrected chi connectivity index (χ2v) is 8.77. The first-order chi connectivity index (χ1) is 8.60. The zero-order valence-electron chi connectivity index (χ0n) is 11.4. The van der Waals surface area contributed by atoms with Crippen molar-refractivity contribution in [1.29, 1.82) is 0 Å². The zero-order valence-corrected chi connectivity index (χ0v) is 13.8. The van der Waals surface area contributed by atoms with E-state index in [-0.39, 0.29) is 11.2 Å². The van der Waals surface area contributed by atoms with Gasteiger partial charge in [0.05, 0.1) is 22.4 Å². The van der Waals surface area contributed by atoms with Crippen LogP contribution < -0.4 is 0 Å². The molecule has 0 spiro atoms. The van der Waals surface area contributed by atoms with Gasteiger partial charge in [-0.05, 0) is 33.5 Å². The Balaban J connectivity index is 2.58. The van der Waals surface area contributed by atoms with Gasteiger partial charge in [-0.15, -0.1) is 0 Å². The Morgan fingerprint density at radius 2 is 1.95 bits per heavy atom. The van der Waals surface area contributed by atoms with Crippen LogP contribution in [0.15, 0.2) is 27.7 Å². The average Bonchev–Trinajstić information content (AvgIpc) is 2.57. The third-order valence-corrected chi connectivity index (χ3v) is 5.55. The van der Waals surface area contributed by atoms with Crippen LogP contribution in [-0.4, -0.2) is 24.0 Å². The molecule has 0 fully saturated rings. The number of aryl methyl sites for hydroxylation is 1. The monoisotopic (exact) mass is 344 g/mol. The van der Waals surface area contributed by atoms with E-state index in [0.717, 1.165) is 15.4 Å². The van der Waals surface area contributed by atoms with Gasteiger partial charge < -0.3 is 0 Å². The van der Waals surface area contributed by atoms with E-state index < -0.39 is 9.84 Å². The van der Waals surface area contributed by atoms with Crippen LogP contribution in [0.4, 0.5) is 0 Å². The molecule has 2 rings (SSSR count). The van der Waals surface area contributed by atoms with Gasteiger partial charge in [-0.3, -0.25) is 4.68 Å². The Morgan fingerprint density at radius 3 is 2.53 bits per heavy atom. The number of fused-ring (bicyclic) bond motifs is 1. The summed E-state index contributed by atoms with van der Waals surface area (Å²) in [5.74, 6) is 0.123. The van der Waals surface area contributed by atoms with E-state index in [2.05, 4.69) is 21.0 Å². The highest BCUT2D eigenvalue weighted by atomic mass is 79.9. The SMILES string of the molecule is Cn1ncc2cc(S(=O)(=O)CC(C)(C)C)cc(Br)c21. The highest BCUT2D eigenvalue weighted by Gasteiger charge is 2.24. The van der Waals surface area contributed by atoms with Gasteiger partial charge in [0.15, 0.2) is 9.84 Å². The number of aromatic nitrogens is 2. The van der Waals surface area contributed by atoms with Gasteiger partial charge in [0.25, 0.3) is 0 Å². The number of hydrogen-bond donors (Lipinski definition) is 0. The maximum absolute atomic E-state index is 12.4. The van der Waals surface area contributed by atoms with Crippen molar-refractivity contribution in [2.45, 2.75) is 25.7 Å². The molecule has 0 radical (unpaired) electrons. The molecular formula is C13H17BrN2O2S. The minimum atomic E-state index is -3.29. The lowest BCUT2D eigenvalue weighted by molar-refractivity contribution is 0.462. The Bertz CT molecular complexity index is 727. The summed E-state index contributed by atoms with van der Waals surface area (Å²) in [5, 5.41) is 4.97. The van der Waals surface area contributed by atoms with Crippen LogP contribution in [0.1, 0.15) is 20.8 Å². The first-order valence-corrected chi connectivity index (χ1v) is 8.39. The molecule has 2 aromatic rings. The topological polar surface area (TPSA) is 52.0 Å².